The molecule has 0 bridgehead atoms. The van der Waals surface area contributed by atoms with Crippen molar-refractivity contribution in [2.24, 2.45) is 0 Å². The summed E-state index contributed by atoms with van der Waals surface area (Å²) in [6, 6.07) is 2.29. The summed E-state index contributed by atoms with van der Waals surface area (Å²) in [4.78, 5) is -0.985. The van der Waals surface area contributed by atoms with E-state index in [4.69, 9.17) is 5.11 Å². The summed E-state index contributed by atoms with van der Waals surface area (Å²) in [6.45, 7) is 1.50. The van der Waals surface area contributed by atoms with Crippen LogP contribution in [0.5, 0.6) is 0 Å². The minimum Gasteiger partial charge on any atom is -0.396 e. The lowest BCUT2D eigenvalue weighted by Gasteiger charge is -2.16. The molecule has 0 radical (unpaired) electrons. The minimum atomic E-state index is -4.27. The molecule has 0 aliphatic rings. The lowest BCUT2D eigenvalue weighted by atomic mass is 10.2. The van der Waals surface area contributed by atoms with Crippen LogP contribution >= 0.6 is 0 Å². The first-order chi connectivity index (χ1) is 8.42. The first kappa shape index (κ1) is 15.0. The SMILES string of the molecule is CCC(CCO)NS(=O)(=O)c1c(F)cccc1F. The molecule has 2 N–H and O–H groups in total. The van der Waals surface area contributed by atoms with Gasteiger partial charge in [-0.1, -0.05) is 13.0 Å². The van der Waals surface area contributed by atoms with Crippen molar-refractivity contribution >= 4 is 10.0 Å². The van der Waals surface area contributed by atoms with E-state index in [9.17, 15) is 17.2 Å². The number of rotatable bonds is 6. The highest BCUT2D eigenvalue weighted by Crippen LogP contribution is 2.19. The number of aliphatic hydroxyl groups is 1. The summed E-state index contributed by atoms with van der Waals surface area (Å²) < 4.78 is 52.6. The summed E-state index contributed by atoms with van der Waals surface area (Å²) in [5.41, 5.74) is 0. The van der Waals surface area contributed by atoms with Crippen LogP contribution in [0.4, 0.5) is 8.78 Å². The molecule has 1 atom stereocenters. The number of halogens is 2. The Balaban J connectivity index is 3.06. The average molecular weight is 279 g/mol. The Kier molecular flexibility index (Phi) is 5.18. The van der Waals surface area contributed by atoms with E-state index < -0.39 is 32.6 Å². The third-order valence-corrected chi connectivity index (χ3v) is 4.05. The summed E-state index contributed by atoms with van der Waals surface area (Å²) in [7, 11) is -4.27. The van der Waals surface area contributed by atoms with Crippen LogP contribution < -0.4 is 4.72 Å². The Morgan fingerprint density at radius 2 is 1.89 bits per heavy atom. The molecule has 0 aliphatic heterocycles. The largest absolute Gasteiger partial charge is 0.396 e. The molecule has 0 fully saturated rings. The first-order valence-corrected chi connectivity index (χ1v) is 6.98. The zero-order valence-electron chi connectivity index (χ0n) is 9.86. The van der Waals surface area contributed by atoms with Gasteiger partial charge < -0.3 is 5.11 Å². The molecule has 0 saturated heterocycles. The van der Waals surface area contributed by atoms with Crippen molar-refractivity contribution in [3.8, 4) is 0 Å². The zero-order valence-corrected chi connectivity index (χ0v) is 10.7. The van der Waals surface area contributed by atoms with E-state index >= 15 is 0 Å². The van der Waals surface area contributed by atoms with Crippen molar-refractivity contribution < 1.29 is 22.3 Å². The molecule has 0 spiro atoms. The van der Waals surface area contributed by atoms with E-state index in [1.807, 2.05) is 0 Å². The van der Waals surface area contributed by atoms with Crippen molar-refractivity contribution in [2.75, 3.05) is 6.61 Å². The third-order valence-electron chi connectivity index (χ3n) is 2.48. The van der Waals surface area contributed by atoms with Gasteiger partial charge in [0.2, 0.25) is 10.0 Å². The maximum atomic E-state index is 13.4. The van der Waals surface area contributed by atoms with Gasteiger partial charge in [-0.25, -0.2) is 21.9 Å². The molecule has 7 heteroatoms. The van der Waals surface area contributed by atoms with Crippen molar-refractivity contribution in [3.63, 3.8) is 0 Å². The van der Waals surface area contributed by atoms with Gasteiger partial charge in [0.25, 0.3) is 0 Å². The number of hydrogen-bond donors (Lipinski definition) is 2. The maximum Gasteiger partial charge on any atom is 0.246 e. The molecular formula is C11H15F2NO3S. The standard InChI is InChI=1S/C11H15F2NO3S/c1-2-8(6-7-15)14-18(16,17)11-9(12)4-3-5-10(11)13/h3-5,8,14-15H,2,6-7H2,1H3. The second kappa shape index (κ2) is 6.21. The fraction of sp³-hybridized carbons (Fsp3) is 0.455. The Morgan fingerprint density at radius 1 is 1.33 bits per heavy atom. The third kappa shape index (κ3) is 3.47. The number of nitrogens with one attached hydrogen (secondary N) is 1. The Bertz CT molecular complexity index is 485. The molecule has 1 aromatic carbocycles. The molecule has 0 aliphatic carbocycles. The van der Waals surface area contributed by atoms with Gasteiger partial charge >= 0.3 is 0 Å². The molecule has 102 valence electrons. The van der Waals surface area contributed by atoms with E-state index in [1.165, 1.54) is 0 Å². The van der Waals surface area contributed by atoms with E-state index in [-0.39, 0.29) is 13.0 Å². The summed E-state index contributed by atoms with van der Waals surface area (Å²) in [5.74, 6) is -2.28. The number of aliphatic hydroxyl groups excluding tert-OH is 1. The van der Waals surface area contributed by atoms with Crippen LogP contribution in [0.15, 0.2) is 23.1 Å². The predicted molar refractivity (Wildman–Crippen MR) is 62.5 cm³/mol. The molecule has 4 nitrogen and oxygen atoms in total. The van der Waals surface area contributed by atoms with Crippen LogP contribution in [0.2, 0.25) is 0 Å². The molecule has 0 heterocycles. The maximum absolute atomic E-state index is 13.4. The van der Waals surface area contributed by atoms with Gasteiger partial charge in [0.1, 0.15) is 11.6 Å². The molecule has 0 saturated carbocycles. The van der Waals surface area contributed by atoms with E-state index in [0.29, 0.717) is 6.42 Å². The monoisotopic (exact) mass is 279 g/mol. The highest BCUT2D eigenvalue weighted by molar-refractivity contribution is 7.89. The van der Waals surface area contributed by atoms with Crippen molar-refractivity contribution in [2.45, 2.75) is 30.7 Å². The Morgan fingerprint density at radius 3 is 2.33 bits per heavy atom. The van der Waals surface area contributed by atoms with Gasteiger partial charge in [0.05, 0.1) is 0 Å². The quantitative estimate of drug-likeness (QED) is 0.827. The highest BCUT2D eigenvalue weighted by Gasteiger charge is 2.25. The second-order valence-electron chi connectivity index (χ2n) is 3.79. The van der Waals surface area contributed by atoms with E-state index in [2.05, 4.69) is 4.72 Å². The van der Waals surface area contributed by atoms with Crippen LogP contribution in [0.1, 0.15) is 19.8 Å². The van der Waals surface area contributed by atoms with Crippen LogP contribution in [0.25, 0.3) is 0 Å². The predicted octanol–water partition coefficient (Wildman–Crippen LogP) is 1.40. The van der Waals surface area contributed by atoms with E-state index in [0.717, 1.165) is 18.2 Å². The van der Waals surface area contributed by atoms with Gasteiger partial charge in [-0.15, -0.1) is 0 Å². The summed E-state index contributed by atoms with van der Waals surface area (Å²) in [5, 5.41) is 8.76. The van der Waals surface area contributed by atoms with Crippen LogP contribution in [-0.4, -0.2) is 26.2 Å². The fourth-order valence-corrected chi connectivity index (χ4v) is 3.01. The highest BCUT2D eigenvalue weighted by atomic mass is 32.2. The van der Waals surface area contributed by atoms with Gasteiger partial charge in [-0.3, -0.25) is 0 Å². The van der Waals surface area contributed by atoms with Crippen LogP contribution in [-0.2, 0) is 10.0 Å². The smallest absolute Gasteiger partial charge is 0.246 e. The number of hydrogen-bond acceptors (Lipinski definition) is 3. The molecular weight excluding hydrogens is 264 g/mol. The fourth-order valence-electron chi connectivity index (χ4n) is 1.52. The Hall–Kier alpha value is -1.05. The molecule has 1 unspecified atom stereocenters. The molecule has 18 heavy (non-hydrogen) atoms. The average Bonchev–Trinajstić information content (AvgIpc) is 2.27. The van der Waals surface area contributed by atoms with E-state index in [1.54, 1.807) is 6.92 Å². The second-order valence-corrected chi connectivity index (χ2v) is 5.44. The lowest BCUT2D eigenvalue weighted by molar-refractivity contribution is 0.270. The molecule has 0 aromatic heterocycles. The van der Waals surface area contributed by atoms with Crippen molar-refractivity contribution in [1.82, 2.24) is 4.72 Å². The van der Waals surface area contributed by atoms with Crippen LogP contribution in [0, 0.1) is 11.6 Å². The summed E-state index contributed by atoms with van der Waals surface area (Å²) >= 11 is 0. The summed E-state index contributed by atoms with van der Waals surface area (Å²) in [6.07, 6.45) is 0.599. The van der Waals surface area contributed by atoms with Crippen molar-refractivity contribution in [1.29, 1.82) is 0 Å². The lowest BCUT2D eigenvalue weighted by Crippen LogP contribution is -2.36. The molecule has 1 rings (SSSR count). The zero-order chi connectivity index (χ0) is 13.8. The normalized spacial score (nSPS) is 13.6. The minimum absolute atomic E-state index is 0.186. The number of sulfonamides is 1. The Labute approximate surface area is 105 Å². The van der Waals surface area contributed by atoms with Gasteiger partial charge in [-0.2, -0.15) is 0 Å². The molecule has 1 aromatic rings. The van der Waals surface area contributed by atoms with Gasteiger partial charge in [0, 0.05) is 12.6 Å². The van der Waals surface area contributed by atoms with Crippen molar-refractivity contribution in [3.05, 3.63) is 29.8 Å². The van der Waals surface area contributed by atoms with Gasteiger partial charge in [-0.05, 0) is 25.0 Å². The number of benzene rings is 1. The van der Waals surface area contributed by atoms with Crippen LogP contribution in [0.3, 0.4) is 0 Å². The van der Waals surface area contributed by atoms with Gasteiger partial charge in [0.15, 0.2) is 4.90 Å². The topological polar surface area (TPSA) is 66.4 Å². The first-order valence-electron chi connectivity index (χ1n) is 5.49. The molecule has 0 amide bonds.